The number of ether oxygens (including phenoxy) is 1. The average Bonchev–Trinajstić information content (AvgIpc) is 2.54. The molecule has 0 aromatic heterocycles. The molecule has 138 valence electrons. The first-order valence-electron chi connectivity index (χ1n) is 9.35. The topological polar surface area (TPSA) is 82.5 Å². The number of hydrogen-bond acceptors (Lipinski definition) is 4. The summed E-state index contributed by atoms with van der Waals surface area (Å²) in [5.41, 5.74) is 0. The molecule has 1 aliphatic heterocycles. The van der Waals surface area contributed by atoms with Crippen LogP contribution in [0.5, 0.6) is 0 Å². The molecule has 1 rings (SSSR count). The second-order valence-corrected chi connectivity index (χ2v) is 6.61. The Morgan fingerprint density at radius 3 is 1.96 bits per heavy atom. The lowest BCUT2D eigenvalue weighted by Crippen LogP contribution is -2.43. The van der Waals surface area contributed by atoms with E-state index in [0.29, 0.717) is 13.0 Å². The summed E-state index contributed by atoms with van der Waals surface area (Å²) in [5, 5.41) is 10.4. The minimum atomic E-state index is -0.356. The number of hydrogen-bond donors (Lipinski definition) is 2. The Balaban J connectivity index is 2.38. The molecule has 1 saturated heterocycles. The number of nitrogens with zero attached hydrogens (tertiary/aromatic N) is 1. The van der Waals surface area contributed by atoms with Gasteiger partial charge in [0.15, 0.2) is 5.96 Å². The number of esters is 1. The number of carbonyl (C=O) groups excluding carboxylic acids is 2. The van der Waals surface area contributed by atoms with Crippen molar-refractivity contribution in [2.24, 2.45) is 0 Å². The van der Waals surface area contributed by atoms with Crippen molar-refractivity contribution < 1.29 is 14.3 Å². The van der Waals surface area contributed by atoms with Gasteiger partial charge in [0.25, 0.3) is 0 Å². The van der Waals surface area contributed by atoms with Crippen LogP contribution in [0.25, 0.3) is 0 Å². The van der Waals surface area contributed by atoms with Crippen molar-refractivity contribution in [3.63, 3.8) is 0 Å². The number of rotatable bonds is 0. The van der Waals surface area contributed by atoms with Crippen LogP contribution in [0.4, 0.5) is 0 Å². The summed E-state index contributed by atoms with van der Waals surface area (Å²) < 4.78 is 5.18. The molecule has 0 saturated carbocycles. The van der Waals surface area contributed by atoms with Gasteiger partial charge in [-0.05, 0) is 12.8 Å². The Kier molecular flexibility index (Phi) is 10.9. The highest BCUT2D eigenvalue weighted by Crippen LogP contribution is 2.12. The molecule has 0 aliphatic carbocycles. The van der Waals surface area contributed by atoms with Crippen LogP contribution in [0.3, 0.4) is 0 Å². The van der Waals surface area contributed by atoms with E-state index in [2.05, 4.69) is 5.32 Å². The molecule has 0 unspecified atom stereocenters. The molecular formula is C18H33N3O3. The molecule has 1 fully saturated rings. The van der Waals surface area contributed by atoms with Crippen molar-refractivity contribution in [3.05, 3.63) is 0 Å². The number of carbonyl (C=O) groups is 2. The molecule has 0 bridgehead atoms. The molecular weight excluding hydrogens is 306 g/mol. The molecule has 0 radical (unpaired) electrons. The zero-order valence-corrected chi connectivity index (χ0v) is 15.1. The summed E-state index contributed by atoms with van der Waals surface area (Å²) in [4.78, 5) is 24.9. The predicted molar refractivity (Wildman–Crippen MR) is 94.9 cm³/mol. The van der Waals surface area contributed by atoms with Crippen molar-refractivity contribution >= 4 is 17.8 Å². The Hall–Kier alpha value is -1.59. The van der Waals surface area contributed by atoms with Gasteiger partial charge in [-0.2, -0.15) is 0 Å². The van der Waals surface area contributed by atoms with E-state index in [0.717, 1.165) is 25.7 Å². The third-order valence-corrected chi connectivity index (χ3v) is 4.32. The second kappa shape index (κ2) is 12.8. The number of guanidine groups is 1. The summed E-state index contributed by atoms with van der Waals surface area (Å²) in [7, 11) is 1.61. The maximum absolute atomic E-state index is 11.8. The second-order valence-electron chi connectivity index (χ2n) is 6.61. The van der Waals surface area contributed by atoms with Gasteiger partial charge in [0.1, 0.15) is 6.54 Å². The first-order valence-corrected chi connectivity index (χ1v) is 9.35. The van der Waals surface area contributed by atoms with Gasteiger partial charge in [-0.3, -0.25) is 20.3 Å². The van der Waals surface area contributed by atoms with Crippen LogP contribution in [0.1, 0.15) is 77.0 Å². The maximum atomic E-state index is 11.8. The standard InChI is InChI=1S/C18H33N3O3/c1-21-15-17(23)24-14-12-10-8-6-4-2-3-5-7-9-11-13-16(22)20-18(21)19/h2-15H2,1H3,(H2,19,20,22). The van der Waals surface area contributed by atoms with Gasteiger partial charge in [0.05, 0.1) is 6.61 Å². The highest BCUT2D eigenvalue weighted by molar-refractivity contribution is 5.96. The first-order chi connectivity index (χ1) is 11.6. The molecule has 0 spiro atoms. The number of likely N-dealkylation sites (N-methyl/N-ethyl adjacent to an activating group) is 1. The number of cyclic esters (lactones) is 1. The van der Waals surface area contributed by atoms with Gasteiger partial charge in [0.2, 0.25) is 5.91 Å². The van der Waals surface area contributed by atoms with Gasteiger partial charge in [-0.15, -0.1) is 0 Å². The van der Waals surface area contributed by atoms with Gasteiger partial charge in [-0.1, -0.05) is 57.8 Å². The molecule has 2 N–H and O–H groups in total. The van der Waals surface area contributed by atoms with E-state index in [1.807, 2.05) is 0 Å². The summed E-state index contributed by atoms with van der Waals surface area (Å²) in [6, 6.07) is 0. The van der Waals surface area contributed by atoms with E-state index >= 15 is 0 Å². The Morgan fingerprint density at radius 1 is 0.875 bits per heavy atom. The molecule has 24 heavy (non-hydrogen) atoms. The van der Waals surface area contributed by atoms with Crippen molar-refractivity contribution in [1.82, 2.24) is 10.2 Å². The average molecular weight is 339 g/mol. The van der Waals surface area contributed by atoms with Crippen molar-refractivity contribution in [2.45, 2.75) is 77.0 Å². The van der Waals surface area contributed by atoms with Crippen molar-refractivity contribution in [1.29, 1.82) is 5.41 Å². The van der Waals surface area contributed by atoms with E-state index < -0.39 is 0 Å². The Labute approximate surface area is 145 Å². The van der Waals surface area contributed by atoms with Crippen LogP contribution >= 0.6 is 0 Å². The third-order valence-electron chi connectivity index (χ3n) is 4.32. The summed E-state index contributed by atoms with van der Waals surface area (Å²) >= 11 is 0. The molecule has 6 heteroatoms. The fourth-order valence-electron chi connectivity index (χ4n) is 2.77. The van der Waals surface area contributed by atoms with Crippen molar-refractivity contribution in [3.8, 4) is 0 Å². The zero-order valence-electron chi connectivity index (χ0n) is 15.1. The van der Waals surface area contributed by atoms with E-state index in [1.54, 1.807) is 7.05 Å². The number of nitrogens with one attached hydrogen (secondary N) is 2. The summed E-state index contributed by atoms with van der Waals surface area (Å²) in [6.07, 6.45) is 13.1. The van der Waals surface area contributed by atoms with Crippen LogP contribution in [0, 0.1) is 5.41 Å². The largest absolute Gasteiger partial charge is 0.464 e. The van der Waals surface area contributed by atoms with E-state index in [1.165, 1.54) is 49.8 Å². The molecule has 0 atom stereocenters. The lowest BCUT2D eigenvalue weighted by atomic mass is 10.1. The van der Waals surface area contributed by atoms with Gasteiger partial charge < -0.3 is 9.64 Å². The van der Waals surface area contributed by atoms with Crippen LogP contribution in [0.15, 0.2) is 0 Å². The highest BCUT2D eigenvalue weighted by atomic mass is 16.5. The lowest BCUT2D eigenvalue weighted by molar-refractivity contribution is -0.144. The lowest BCUT2D eigenvalue weighted by Gasteiger charge is -2.19. The predicted octanol–water partition coefficient (Wildman–Crippen LogP) is 3.21. The normalized spacial score (nSPS) is 21.7. The Bertz CT molecular complexity index is 399. The molecule has 1 aliphatic rings. The summed E-state index contributed by atoms with van der Waals surface area (Å²) in [6.45, 7) is 0.422. The van der Waals surface area contributed by atoms with Gasteiger partial charge in [-0.25, -0.2) is 0 Å². The SMILES string of the molecule is CN1CC(=O)OCCCCCCCCCCCCCC(=O)NC1=N. The highest BCUT2D eigenvalue weighted by Gasteiger charge is 2.13. The van der Waals surface area contributed by atoms with Gasteiger partial charge >= 0.3 is 5.97 Å². The smallest absolute Gasteiger partial charge is 0.325 e. The fourth-order valence-corrected chi connectivity index (χ4v) is 2.77. The van der Waals surface area contributed by atoms with Crippen molar-refractivity contribution in [2.75, 3.05) is 20.2 Å². The minimum absolute atomic E-state index is 0.0148. The van der Waals surface area contributed by atoms with E-state index in [4.69, 9.17) is 10.1 Å². The van der Waals surface area contributed by atoms with Crippen LogP contribution in [-0.2, 0) is 14.3 Å². The molecule has 0 aromatic carbocycles. The third kappa shape index (κ3) is 10.2. The van der Waals surface area contributed by atoms with Crippen LogP contribution in [0.2, 0.25) is 0 Å². The fraction of sp³-hybridized carbons (Fsp3) is 0.833. The minimum Gasteiger partial charge on any atom is -0.464 e. The maximum Gasteiger partial charge on any atom is 0.325 e. The molecule has 1 amide bonds. The van der Waals surface area contributed by atoms with Crippen LogP contribution in [-0.4, -0.2) is 42.9 Å². The Morgan fingerprint density at radius 2 is 1.38 bits per heavy atom. The molecule has 1 heterocycles. The monoisotopic (exact) mass is 339 g/mol. The number of amides is 1. The van der Waals surface area contributed by atoms with Crippen LogP contribution < -0.4 is 5.32 Å². The molecule has 6 nitrogen and oxygen atoms in total. The van der Waals surface area contributed by atoms with Gasteiger partial charge in [0, 0.05) is 13.5 Å². The summed E-state index contributed by atoms with van der Waals surface area (Å²) in [5.74, 6) is -0.563. The first kappa shape index (κ1) is 20.5. The quantitative estimate of drug-likeness (QED) is 0.664. The molecule has 0 aromatic rings. The van der Waals surface area contributed by atoms with E-state index in [9.17, 15) is 9.59 Å². The zero-order chi connectivity index (χ0) is 17.6. The van der Waals surface area contributed by atoms with E-state index in [-0.39, 0.29) is 24.4 Å².